The third-order valence-corrected chi connectivity index (χ3v) is 4.13. The second-order valence-electron chi connectivity index (χ2n) is 4.32. The van der Waals surface area contributed by atoms with Crippen molar-refractivity contribution in [1.82, 2.24) is 10.2 Å². The van der Waals surface area contributed by atoms with Gasteiger partial charge in [0.2, 0.25) is 0 Å². The number of benzene rings is 1. The molecule has 2 nitrogen and oxygen atoms in total. The highest BCUT2D eigenvalue weighted by Gasteiger charge is 2.16. The molecule has 2 rings (SSSR count). The number of thioether (sulfide) groups is 1. The molecule has 0 bridgehead atoms. The van der Waals surface area contributed by atoms with Gasteiger partial charge >= 0.3 is 0 Å². The van der Waals surface area contributed by atoms with Crippen LogP contribution in [-0.2, 0) is 0 Å². The number of rotatable bonds is 3. The number of nitrogens with one attached hydrogen (secondary N) is 1. The lowest BCUT2D eigenvalue weighted by atomic mass is 10.2. The normalized spacial score (nSPS) is 19.6. The Balaban J connectivity index is 1.93. The first kappa shape index (κ1) is 12.0. The molecule has 0 aromatic heterocycles. The maximum absolute atomic E-state index is 3.39. The van der Waals surface area contributed by atoms with E-state index in [1.807, 2.05) is 11.8 Å². The predicted molar refractivity (Wildman–Crippen MR) is 70.9 cm³/mol. The zero-order valence-corrected chi connectivity index (χ0v) is 10.9. The molecule has 1 heterocycles. The first-order chi connectivity index (χ1) is 7.75. The van der Waals surface area contributed by atoms with Crippen LogP contribution in [0.25, 0.3) is 0 Å². The quantitative estimate of drug-likeness (QED) is 0.811. The lowest BCUT2D eigenvalue weighted by Crippen LogP contribution is -2.46. The Labute approximate surface area is 102 Å². The smallest absolute Gasteiger partial charge is 0.0576 e. The van der Waals surface area contributed by atoms with Crippen molar-refractivity contribution in [3.63, 3.8) is 0 Å². The van der Waals surface area contributed by atoms with Crippen molar-refractivity contribution >= 4 is 11.8 Å². The fourth-order valence-corrected chi connectivity index (χ4v) is 3.17. The van der Waals surface area contributed by atoms with Gasteiger partial charge in [-0.05, 0) is 26.0 Å². The van der Waals surface area contributed by atoms with Gasteiger partial charge in [-0.15, -0.1) is 11.8 Å². The van der Waals surface area contributed by atoms with Crippen LogP contribution in [0.3, 0.4) is 0 Å². The standard InChI is InChI=1S/C13H20N2S/c1-11-4-3-5-13(10-11)16-12(2)15-8-6-14-7-9-15/h3-5,10,12,14H,6-9H2,1-2H3. The van der Waals surface area contributed by atoms with Gasteiger partial charge in [0.1, 0.15) is 0 Å². The van der Waals surface area contributed by atoms with Crippen LogP contribution in [0.2, 0.25) is 0 Å². The molecule has 3 heteroatoms. The molecule has 88 valence electrons. The van der Waals surface area contributed by atoms with E-state index in [-0.39, 0.29) is 0 Å². The maximum Gasteiger partial charge on any atom is 0.0576 e. The highest BCUT2D eigenvalue weighted by Crippen LogP contribution is 2.26. The molecule has 1 aromatic rings. The second kappa shape index (κ2) is 5.71. The van der Waals surface area contributed by atoms with Crippen LogP contribution in [0.1, 0.15) is 12.5 Å². The highest BCUT2D eigenvalue weighted by atomic mass is 32.2. The Morgan fingerprint density at radius 1 is 1.31 bits per heavy atom. The van der Waals surface area contributed by atoms with Crippen LogP contribution >= 0.6 is 11.8 Å². The molecule has 0 saturated carbocycles. The summed E-state index contributed by atoms with van der Waals surface area (Å²) in [4.78, 5) is 3.93. The minimum atomic E-state index is 0.573. The predicted octanol–water partition coefficient (Wildman–Crippen LogP) is 2.34. The molecule has 1 aliphatic rings. The summed E-state index contributed by atoms with van der Waals surface area (Å²) in [6.45, 7) is 9.04. The number of nitrogens with zero attached hydrogens (tertiary/aromatic N) is 1. The topological polar surface area (TPSA) is 15.3 Å². The van der Waals surface area contributed by atoms with Crippen LogP contribution in [0.15, 0.2) is 29.2 Å². The van der Waals surface area contributed by atoms with E-state index < -0.39 is 0 Å². The Morgan fingerprint density at radius 2 is 2.06 bits per heavy atom. The lowest BCUT2D eigenvalue weighted by molar-refractivity contribution is 0.234. The van der Waals surface area contributed by atoms with Crippen molar-refractivity contribution in [2.75, 3.05) is 26.2 Å². The molecule has 1 unspecified atom stereocenters. The van der Waals surface area contributed by atoms with Crippen molar-refractivity contribution in [2.24, 2.45) is 0 Å². The van der Waals surface area contributed by atoms with E-state index in [4.69, 9.17) is 0 Å². The summed E-state index contributed by atoms with van der Waals surface area (Å²) >= 11 is 1.96. The van der Waals surface area contributed by atoms with Crippen LogP contribution in [0, 0.1) is 6.92 Å². The van der Waals surface area contributed by atoms with E-state index in [0.29, 0.717) is 5.37 Å². The van der Waals surface area contributed by atoms with Crippen molar-refractivity contribution in [3.05, 3.63) is 29.8 Å². The zero-order valence-electron chi connectivity index (χ0n) is 10.1. The van der Waals surface area contributed by atoms with E-state index in [0.717, 1.165) is 13.1 Å². The van der Waals surface area contributed by atoms with Crippen molar-refractivity contribution < 1.29 is 0 Å². The van der Waals surface area contributed by atoms with E-state index >= 15 is 0 Å². The van der Waals surface area contributed by atoms with Gasteiger partial charge < -0.3 is 5.32 Å². The zero-order chi connectivity index (χ0) is 11.4. The summed E-state index contributed by atoms with van der Waals surface area (Å²) in [6, 6.07) is 8.77. The summed E-state index contributed by atoms with van der Waals surface area (Å²) < 4.78 is 0. The summed E-state index contributed by atoms with van der Waals surface area (Å²) in [5, 5.41) is 3.96. The monoisotopic (exact) mass is 236 g/mol. The van der Waals surface area contributed by atoms with Crippen LogP contribution in [-0.4, -0.2) is 36.5 Å². The third-order valence-electron chi connectivity index (χ3n) is 2.96. The minimum Gasteiger partial charge on any atom is -0.314 e. The number of aryl methyl sites for hydroxylation is 1. The maximum atomic E-state index is 3.39. The lowest BCUT2D eigenvalue weighted by Gasteiger charge is -2.32. The summed E-state index contributed by atoms with van der Waals surface area (Å²) in [5.74, 6) is 0. The fourth-order valence-electron chi connectivity index (χ4n) is 2.01. The van der Waals surface area contributed by atoms with Gasteiger partial charge in [-0.25, -0.2) is 0 Å². The van der Waals surface area contributed by atoms with Gasteiger partial charge in [0, 0.05) is 31.1 Å². The minimum absolute atomic E-state index is 0.573. The summed E-state index contributed by atoms with van der Waals surface area (Å²) in [7, 11) is 0. The van der Waals surface area contributed by atoms with Crippen LogP contribution < -0.4 is 5.32 Å². The Hall–Kier alpha value is -0.510. The molecule has 1 N–H and O–H groups in total. The van der Waals surface area contributed by atoms with Gasteiger partial charge in [0.25, 0.3) is 0 Å². The van der Waals surface area contributed by atoms with Crippen LogP contribution in [0.4, 0.5) is 0 Å². The Bertz CT molecular complexity index is 334. The van der Waals surface area contributed by atoms with E-state index in [1.54, 1.807) is 0 Å². The second-order valence-corrected chi connectivity index (χ2v) is 5.71. The molecule has 0 radical (unpaired) electrons. The Kier molecular flexibility index (Phi) is 4.27. The SMILES string of the molecule is Cc1cccc(SC(C)N2CCNCC2)c1. The van der Waals surface area contributed by atoms with Gasteiger partial charge in [0.15, 0.2) is 0 Å². The first-order valence-electron chi connectivity index (χ1n) is 5.94. The van der Waals surface area contributed by atoms with Crippen molar-refractivity contribution in [3.8, 4) is 0 Å². The molecule has 0 spiro atoms. The molecule has 1 atom stereocenters. The Morgan fingerprint density at radius 3 is 2.75 bits per heavy atom. The van der Waals surface area contributed by atoms with Gasteiger partial charge in [-0.3, -0.25) is 4.90 Å². The average Bonchev–Trinajstić information content (AvgIpc) is 2.30. The third kappa shape index (κ3) is 3.24. The van der Waals surface area contributed by atoms with E-state index in [1.165, 1.54) is 23.5 Å². The highest BCUT2D eigenvalue weighted by molar-refractivity contribution is 7.99. The van der Waals surface area contributed by atoms with Crippen LogP contribution in [0.5, 0.6) is 0 Å². The molecule has 1 fully saturated rings. The van der Waals surface area contributed by atoms with Gasteiger partial charge in [-0.1, -0.05) is 17.7 Å². The number of hydrogen-bond acceptors (Lipinski definition) is 3. The first-order valence-corrected chi connectivity index (χ1v) is 6.82. The van der Waals surface area contributed by atoms with E-state index in [2.05, 4.69) is 48.3 Å². The molecular weight excluding hydrogens is 216 g/mol. The average molecular weight is 236 g/mol. The fraction of sp³-hybridized carbons (Fsp3) is 0.538. The molecular formula is C13H20N2S. The van der Waals surface area contributed by atoms with Gasteiger partial charge in [0.05, 0.1) is 5.37 Å². The molecule has 16 heavy (non-hydrogen) atoms. The number of hydrogen-bond donors (Lipinski definition) is 1. The largest absolute Gasteiger partial charge is 0.314 e. The molecule has 1 aromatic carbocycles. The molecule has 0 aliphatic carbocycles. The summed E-state index contributed by atoms with van der Waals surface area (Å²) in [6.07, 6.45) is 0. The number of piperazine rings is 1. The molecule has 0 amide bonds. The van der Waals surface area contributed by atoms with E-state index in [9.17, 15) is 0 Å². The molecule has 1 saturated heterocycles. The van der Waals surface area contributed by atoms with Crippen molar-refractivity contribution in [2.45, 2.75) is 24.1 Å². The van der Waals surface area contributed by atoms with Crippen molar-refractivity contribution in [1.29, 1.82) is 0 Å². The van der Waals surface area contributed by atoms with Gasteiger partial charge in [-0.2, -0.15) is 0 Å². The molecule has 1 aliphatic heterocycles. The summed E-state index contributed by atoms with van der Waals surface area (Å²) in [5.41, 5.74) is 1.34.